The van der Waals surface area contributed by atoms with Crippen LogP contribution >= 0.6 is 23.5 Å². The van der Waals surface area contributed by atoms with Crippen molar-refractivity contribution in [2.24, 2.45) is 0 Å². The lowest BCUT2D eigenvalue weighted by Crippen LogP contribution is -2.33. The maximum Gasteiger partial charge on any atom is 0.237 e. The fraction of sp³-hybridized carbons (Fsp3) is 0.381. The van der Waals surface area contributed by atoms with Gasteiger partial charge >= 0.3 is 0 Å². The van der Waals surface area contributed by atoms with Gasteiger partial charge in [-0.25, -0.2) is 0 Å². The average molecular weight is 370 g/mol. The van der Waals surface area contributed by atoms with E-state index in [-0.39, 0.29) is 5.91 Å². The number of amides is 1. The SMILES string of the molecule is CC1CCN(C(=O)CSc2ccc3c(c2)CCC3)c2ccccc2S1. The molecule has 1 heterocycles. The summed E-state index contributed by atoms with van der Waals surface area (Å²) in [5.41, 5.74) is 4.04. The Balaban J connectivity index is 1.47. The summed E-state index contributed by atoms with van der Waals surface area (Å²) in [6, 6.07) is 15.0. The van der Waals surface area contributed by atoms with Gasteiger partial charge in [0.05, 0.1) is 11.4 Å². The third kappa shape index (κ3) is 3.75. The summed E-state index contributed by atoms with van der Waals surface area (Å²) in [5.74, 6) is 0.722. The van der Waals surface area contributed by atoms with E-state index in [1.807, 2.05) is 22.7 Å². The summed E-state index contributed by atoms with van der Waals surface area (Å²) in [6.45, 7) is 3.06. The number of hydrogen-bond donors (Lipinski definition) is 0. The van der Waals surface area contributed by atoms with Gasteiger partial charge in [-0.15, -0.1) is 23.5 Å². The molecule has 0 bridgehead atoms. The van der Waals surface area contributed by atoms with E-state index in [0.717, 1.165) is 18.7 Å². The fourth-order valence-corrected chi connectivity index (χ4v) is 5.56. The second kappa shape index (κ2) is 7.46. The van der Waals surface area contributed by atoms with Crippen molar-refractivity contribution in [1.29, 1.82) is 0 Å². The molecule has 0 saturated heterocycles. The van der Waals surface area contributed by atoms with Crippen molar-refractivity contribution < 1.29 is 4.79 Å². The molecule has 1 unspecified atom stereocenters. The van der Waals surface area contributed by atoms with Gasteiger partial charge in [0.15, 0.2) is 0 Å². The van der Waals surface area contributed by atoms with E-state index in [2.05, 4.69) is 43.3 Å². The molecule has 130 valence electrons. The lowest BCUT2D eigenvalue weighted by Gasteiger charge is -2.22. The van der Waals surface area contributed by atoms with Gasteiger partial charge in [0.1, 0.15) is 0 Å². The van der Waals surface area contributed by atoms with Gasteiger partial charge in [0, 0.05) is 21.6 Å². The highest BCUT2D eigenvalue weighted by Gasteiger charge is 2.24. The molecule has 25 heavy (non-hydrogen) atoms. The maximum atomic E-state index is 12.9. The van der Waals surface area contributed by atoms with E-state index < -0.39 is 0 Å². The van der Waals surface area contributed by atoms with Crippen molar-refractivity contribution in [2.75, 3.05) is 17.2 Å². The summed E-state index contributed by atoms with van der Waals surface area (Å²) in [5, 5.41) is 0.545. The zero-order valence-corrected chi connectivity index (χ0v) is 16.2. The third-order valence-electron chi connectivity index (χ3n) is 4.98. The Bertz CT molecular complexity index is 789. The second-order valence-corrected chi connectivity index (χ2v) is 9.33. The van der Waals surface area contributed by atoms with E-state index in [0.29, 0.717) is 11.0 Å². The van der Waals surface area contributed by atoms with Crippen LogP contribution in [0.2, 0.25) is 0 Å². The van der Waals surface area contributed by atoms with Gasteiger partial charge in [-0.05, 0) is 61.1 Å². The molecular formula is C21H23NOS2. The highest BCUT2D eigenvalue weighted by Crippen LogP contribution is 2.37. The molecule has 1 aliphatic heterocycles. The molecule has 1 aliphatic carbocycles. The largest absolute Gasteiger partial charge is 0.311 e. The first-order chi connectivity index (χ1) is 12.2. The number of carbonyl (C=O) groups is 1. The standard InChI is InChI=1S/C21H23NOS2/c1-15-11-12-22(19-7-2-3-8-20(19)25-15)21(23)14-24-18-10-9-16-5-4-6-17(16)13-18/h2-3,7-10,13,15H,4-6,11-12,14H2,1H3. The Kier molecular flexibility index (Phi) is 5.09. The first kappa shape index (κ1) is 17.0. The molecule has 0 N–H and O–H groups in total. The van der Waals surface area contributed by atoms with Gasteiger partial charge < -0.3 is 4.90 Å². The Morgan fingerprint density at radius 3 is 2.96 bits per heavy atom. The zero-order valence-electron chi connectivity index (χ0n) is 14.5. The lowest BCUT2D eigenvalue weighted by molar-refractivity contribution is -0.116. The molecule has 2 aromatic rings. The number of aryl methyl sites for hydroxylation is 2. The molecule has 0 aromatic heterocycles. The first-order valence-electron chi connectivity index (χ1n) is 9.01. The predicted molar refractivity (Wildman–Crippen MR) is 108 cm³/mol. The normalized spacial score (nSPS) is 19.2. The van der Waals surface area contributed by atoms with Crippen LogP contribution in [0.3, 0.4) is 0 Å². The van der Waals surface area contributed by atoms with Crippen LogP contribution in [0.4, 0.5) is 5.69 Å². The number of hydrogen-bond acceptors (Lipinski definition) is 3. The Labute approximate surface area is 158 Å². The van der Waals surface area contributed by atoms with Crippen molar-refractivity contribution in [3.63, 3.8) is 0 Å². The maximum absolute atomic E-state index is 12.9. The molecule has 1 atom stereocenters. The van der Waals surface area contributed by atoms with Gasteiger partial charge in [-0.2, -0.15) is 0 Å². The summed E-state index contributed by atoms with van der Waals surface area (Å²) in [4.78, 5) is 17.4. The van der Waals surface area contributed by atoms with E-state index in [1.165, 1.54) is 40.2 Å². The van der Waals surface area contributed by atoms with Gasteiger partial charge in [-0.1, -0.05) is 25.1 Å². The average Bonchev–Trinajstić information content (AvgIpc) is 3.02. The number of nitrogens with zero attached hydrogens (tertiary/aromatic N) is 1. The topological polar surface area (TPSA) is 20.3 Å². The molecule has 1 amide bonds. The quantitative estimate of drug-likeness (QED) is 0.695. The zero-order chi connectivity index (χ0) is 17.2. The first-order valence-corrected chi connectivity index (χ1v) is 10.9. The fourth-order valence-electron chi connectivity index (χ4n) is 3.61. The molecule has 4 rings (SSSR count). The summed E-state index contributed by atoms with van der Waals surface area (Å²) in [6.07, 6.45) is 4.70. The van der Waals surface area contributed by atoms with Crippen LogP contribution in [-0.2, 0) is 17.6 Å². The molecule has 2 nitrogen and oxygen atoms in total. The van der Waals surface area contributed by atoms with Crippen LogP contribution in [0.15, 0.2) is 52.3 Å². The van der Waals surface area contributed by atoms with Gasteiger partial charge in [0.2, 0.25) is 5.91 Å². The van der Waals surface area contributed by atoms with Crippen molar-refractivity contribution in [3.05, 3.63) is 53.6 Å². The Morgan fingerprint density at radius 1 is 1.20 bits per heavy atom. The Hall–Kier alpha value is -1.39. The molecule has 0 saturated carbocycles. The van der Waals surface area contributed by atoms with Crippen LogP contribution in [0.1, 0.15) is 30.9 Å². The van der Waals surface area contributed by atoms with Crippen molar-refractivity contribution >= 4 is 35.1 Å². The number of thioether (sulfide) groups is 2. The lowest BCUT2D eigenvalue weighted by atomic mass is 10.1. The molecular weight excluding hydrogens is 346 g/mol. The van der Waals surface area contributed by atoms with Gasteiger partial charge in [-0.3, -0.25) is 4.79 Å². The van der Waals surface area contributed by atoms with E-state index >= 15 is 0 Å². The minimum Gasteiger partial charge on any atom is -0.311 e. The Morgan fingerprint density at radius 2 is 2.04 bits per heavy atom. The molecule has 4 heteroatoms. The highest BCUT2D eigenvalue weighted by atomic mass is 32.2. The molecule has 0 fully saturated rings. The summed E-state index contributed by atoms with van der Waals surface area (Å²) >= 11 is 3.55. The second-order valence-electron chi connectivity index (χ2n) is 6.80. The van der Waals surface area contributed by atoms with E-state index in [1.54, 1.807) is 11.8 Å². The molecule has 0 spiro atoms. The van der Waals surface area contributed by atoms with Gasteiger partial charge in [0.25, 0.3) is 0 Å². The minimum atomic E-state index is 0.215. The minimum absolute atomic E-state index is 0.215. The monoisotopic (exact) mass is 369 g/mol. The van der Waals surface area contributed by atoms with E-state index in [4.69, 9.17) is 0 Å². The number of fused-ring (bicyclic) bond motifs is 2. The van der Waals surface area contributed by atoms with Crippen molar-refractivity contribution in [3.8, 4) is 0 Å². The molecule has 2 aromatic carbocycles. The third-order valence-corrected chi connectivity index (χ3v) is 7.19. The molecule has 0 radical (unpaired) electrons. The number of benzene rings is 2. The van der Waals surface area contributed by atoms with Crippen molar-refractivity contribution in [1.82, 2.24) is 0 Å². The highest BCUT2D eigenvalue weighted by molar-refractivity contribution is 8.00. The van der Waals surface area contributed by atoms with Crippen molar-refractivity contribution in [2.45, 2.75) is 47.6 Å². The van der Waals surface area contributed by atoms with Crippen LogP contribution in [-0.4, -0.2) is 23.5 Å². The van der Waals surface area contributed by atoms with Crippen LogP contribution in [0.5, 0.6) is 0 Å². The molecule has 2 aliphatic rings. The van der Waals surface area contributed by atoms with E-state index in [9.17, 15) is 4.79 Å². The summed E-state index contributed by atoms with van der Waals surface area (Å²) < 4.78 is 0. The smallest absolute Gasteiger partial charge is 0.237 e. The number of anilines is 1. The van der Waals surface area contributed by atoms with Crippen LogP contribution in [0, 0.1) is 0 Å². The predicted octanol–water partition coefficient (Wildman–Crippen LogP) is 5.18. The van der Waals surface area contributed by atoms with Crippen LogP contribution in [0.25, 0.3) is 0 Å². The number of carbonyl (C=O) groups excluding carboxylic acids is 1. The number of para-hydroxylation sites is 1. The summed E-state index contributed by atoms with van der Waals surface area (Å²) in [7, 11) is 0. The number of rotatable bonds is 3. The van der Waals surface area contributed by atoms with Crippen LogP contribution < -0.4 is 4.90 Å².